The van der Waals surface area contributed by atoms with Gasteiger partial charge in [0.15, 0.2) is 5.65 Å². The van der Waals surface area contributed by atoms with Crippen molar-refractivity contribution in [1.29, 1.82) is 0 Å². The van der Waals surface area contributed by atoms with E-state index in [0.717, 1.165) is 50.4 Å². The summed E-state index contributed by atoms with van der Waals surface area (Å²) in [5, 5.41) is 4.12. The normalized spacial score (nSPS) is 12.1. The number of carbonyl (C=O) groups excluding carboxylic acids is 1. The maximum absolute atomic E-state index is 11.6. The van der Waals surface area contributed by atoms with Gasteiger partial charge in [0, 0.05) is 24.4 Å². The zero-order chi connectivity index (χ0) is 26.9. The number of Topliss-reactive ketones (excluding diaryl/α,β-unsaturated/α-hetero) is 1. The molecule has 0 radical (unpaired) electrons. The molecule has 7 nitrogen and oxygen atoms in total. The van der Waals surface area contributed by atoms with Gasteiger partial charge in [0.1, 0.15) is 23.1 Å². The Morgan fingerprint density at radius 3 is 2.38 bits per heavy atom. The lowest BCUT2D eigenvalue weighted by Crippen LogP contribution is -2.13. The maximum Gasteiger partial charge on any atom is 0.160 e. The SMILES string of the molecule is CC(=O)Cc1ccc(-c2cn(C(c3ccccc3)c3ccccn3)c3nc(-c4c(C)noc4C)cnc23)cc1. The Kier molecular flexibility index (Phi) is 6.32. The lowest BCUT2D eigenvalue weighted by Gasteiger charge is -2.20. The third kappa shape index (κ3) is 4.63. The van der Waals surface area contributed by atoms with E-state index in [1.807, 2.05) is 80.7 Å². The van der Waals surface area contributed by atoms with Crippen LogP contribution in [0.1, 0.15) is 41.2 Å². The molecule has 6 rings (SSSR count). The third-order valence-electron chi connectivity index (χ3n) is 6.89. The van der Waals surface area contributed by atoms with Gasteiger partial charge < -0.3 is 9.09 Å². The standard InChI is InChI=1S/C32H27N5O2/c1-20(38)17-23-12-14-24(15-13-23)26-19-37(31(25-9-5-4-6-10-25)27-11-7-8-16-33-27)32-30(26)34-18-28(35-32)29-21(2)36-39-22(29)3/h4-16,18-19,31H,17H2,1-3H3. The van der Waals surface area contributed by atoms with Crippen molar-refractivity contribution in [3.05, 3.63) is 120 Å². The Bertz CT molecular complexity index is 1710. The molecular weight excluding hydrogens is 486 g/mol. The van der Waals surface area contributed by atoms with Crippen LogP contribution in [0.5, 0.6) is 0 Å². The first-order chi connectivity index (χ1) is 19.0. The van der Waals surface area contributed by atoms with Crippen LogP contribution in [-0.4, -0.2) is 30.5 Å². The molecule has 0 saturated heterocycles. The molecule has 7 heteroatoms. The van der Waals surface area contributed by atoms with Gasteiger partial charge in [-0.15, -0.1) is 0 Å². The summed E-state index contributed by atoms with van der Waals surface area (Å²) in [6.07, 6.45) is 6.12. The van der Waals surface area contributed by atoms with E-state index in [2.05, 4.69) is 28.1 Å². The second-order valence-electron chi connectivity index (χ2n) is 9.72. The van der Waals surface area contributed by atoms with E-state index in [0.29, 0.717) is 17.9 Å². The number of rotatable bonds is 7. The van der Waals surface area contributed by atoms with Gasteiger partial charge in [-0.1, -0.05) is 65.8 Å². The number of benzene rings is 2. The first-order valence-corrected chi connectivity index (χ1v) is 12.8. The minimum atomic E-state index is -0.227. The van der Waals surface area contributed by atoms with Gasteiger partial charge in [-0.25, -0.2) is 9.97 Å². The average molecular weight is 514 g/mol. The monoisotopic (exact) mass is 513 g/mol. The predicted octanol–water partition coefficient (Wildman–Crippen LogP) is 6.53. The Morgan fingerprint density at radius 2 is 1.72 bits per heavy atom. The number of ketones is 1. The average Bonchev–Trinajstić information content (AvgIpc) is 3.49. The molecule has 192 valence electrons. The van der Waals surface area contributed by atoms with E-state index >= 15 is 0 Å². The first-order valence-electron chi connectivity index (χ1n) is 12.8. The summed E-state index contributed by atoms with van der Waals surface area (Å²) < 4.78 is 7.59. The molecule has 4 heterocycles. The van der Waals surface area contributed by atoms with Crippen molar-refractivity contribution < 1.29 is 9.32 Å². The van der Waals surface area contributed by atoms with Crippen molar-refractivity contribution in [3.63, 3.8) is 0 Å². The Labute approximate surface area is 226 Å². The van der Waals surface area contributed by atoms with E-state index < -0.39 is 0 Å². The third-order valence-corrected chi connectivity index (χ3v) is 6.89. The second kappa shape index (κ2) is 10.1. The van der Waals surface area contributed by atoms with Crippen LogP contribution in [0.15, 0.2) is 95.9 Å². The first kappa shape index (κ1) is 24.4. The van der Waals surface area contributed by atoms with Crippen molar-refractivity contribution in [2.24, 2.45) is 0 Å². The van der Waals surface area contributed by atoms with Gasteiger partial charge >= 0.3 is 0 Å². The summed E-state index contributed by atoms with van der Waals surface area (Å²) in [7, 11) is 0. The molecule has 39 heavy (non-hydrogen) atoms. The number of aromatic nitrogens is 5. The largest absolute Gasteiger partial charge is 0.361 e. The molecule has 2 aromatic carbocycles. The van der Waals surface area contributed by atoms with Gasteiger partial charge in [0.05, 0.1) is 28.8 Å². The lowest BCUT2D eigenvalue weighted by molar-refractivity contribution is -0.116. The molecule has 0 aliphatic heterocycles. The van der Waals surface area contributed by atoms with Crippen molar-refractivity contribution in [1.82, 2.24) is 24.7 Å². The highest BCUT2D eigenvalue weighted by atomic mass is 16.5. The smallest absolute Gasteiger partial charge is 0.160 e. The summed E-state index contributed by atoms with van der Waals surface area (Å²) in [6, 6.07) is 24.1. The molecule has 0 amide bonds. The predicted molar refractivity (Wildman–Crippen MR) is 150 cm³/mol. The maximum atomic E-state index is 11.6. The molecule has 0 bridgehead atoms. The van der Waals surface area contributed by atoms with Crippen LogP contribution in [-0.2, 0) is 11.2 Å². The fourth-order valence-corrected chi connectivity index (χ4v) is 5.12. The second-order valence-corrected chi connectivity index (χ2v) is 9.72. The van der Waals surface area contributed by atoms with Gasteiger partial charge in [-0.3, -0.25) is 9.78 Å². The summed E-state index contributed by atoms with van der Waals surface area (Å²) in [6.45, 7) is 5.40. The minimum absolute atomic E-state index is 0.137. The number of pyridine rings is 1. The molecule has 0 aliphatic carbocycles. The van der Waals surface area contributed by atoms with Crippen molar-refractivity contribution >= 4 is 16.9 Å². The molecule has 0 N–H and O–H groups in total. The van der Waals surface area contributed by atoms with E-state index in [9.17, 15) is 4.79 Å². The van der Waals surface area contributed by atoms with Crippen LogP contribution in [0, 0.1) is 13.8 Å². The summed E-state index contributed by atoms with van der Waals surface area (Å²) in [4.78, 5) is 26.4. The van der Waals surface area contributed by atoms with E-state index in [-0.39, 0.29) is 11.8 Å². The van der Waals surface area contributed by atoms with Crippen molar-refractivity contribution in [2.75, 3.05) is 0 Å². The van der Waals surface area contributed by atoms with E-state index in [1.54, 1.807) is 13.1 Å². The zero-order valence-electron chi connectivity index (χ0n) is 22.0. The summed E-state index contributed by atoms with van der Waals surface area (Å²) in [5.74, 6) is 0.836. The summed E-state index contributed by atoms with van der Waals surface area (Å²) in [5.41, 5.74) is 8.75. The number of hydrogen-bond acceptors (Lipinski definition) is 6. The Morgan fingerprint density at radius 1 is 0.949 bits per heavy atom. The Hall–Kier alpha value is -4.91. The molecule has 0 spiro atoms. The number of carbonyl (C=O) groups is 1. The number of aryl methyl sites for hydroxylation is 2. The Balaban J connectivity index is 1.60. The highest BCUT2D eigenvalue weighted by Crippen LogP contribution is 2.36. The van der Waals surface area contributed by atoms with Crippen LogP contribution in [0.4, 0.5) is 0 Å². The fourth-order valence-electron chi connectivity index (χ4n) is 5.12. The molecule has 0 saturated carbocycles. The quantitative estimate of drug-likeness (QED) is 0.241. The molecular formula is C32H27N5O2. The van der Waals surface area contributed by atoms with Gasteiger partial charge in [0.2, 0.25) is 0 Å². The number of fused-ring (bicyclic) bond motifs is 1. The van der Waals surface area contributed by atoms with Gasteiger partial charge in [0.25, 0.3) is 0 Å². The van der Waals surface area contributed by atoms with Gasteiger partial charge in [-0.2, -0.15) is 0 Å². The molecule has 0 fully saturated rings. The van der Waals surface area contributed by atoms with Crippen molar-refractivity contribution in [2.45, 2.75) is 33.2 Å². The topological polar surface area (TPSA) is 86.7 Å². The minimum Gasteiger partial charge on any atom is -0.361 e. The summed E-state index contributed by atoms with van der Waals surface area (Å²) >= 11 is 0. The molecule has 6 aromatic rings. The number of hydrogen-bond donors (Lipinski definition) is 0. The molecule has 1 unspecified atom stereocenters. The van der Waals surface area contributed by atoms with Crippen LogP contribution >= 0.6 is 0 Å². The van der Waals surface area contributed by atoms with Crippen LogP contribution in [0.2, 0.25) is 0 Å². The van der Waals surface area contributed by atoms with Crippen molar-refractivity contribution in [3.8, 4) is 22.4 Å². The highest BCUT2D eigenvalue weighted by molar-refractivity contribution is 5.92. The van der Waals surface area contributed by atoms with Crippen LogP contribution < -0.4 is 0 Å². The fraction of sp³-hybridized carbons (Fsp3) is 0.156. The number of nitrogens with zero attached hydrogens (tertiary/aromatic N) is 5. The van der Waals surface area contributed by atoms with Crippen LogP contribution in [0.3, 0.4) is 0 Å². The van der Waals surface area contributed by atoms with Gasteiger partial charge in [-0.05, 0) is 49.6 Å². The van der Waals surface area contributed by atoms with E-state index in [1.165, 1.54) is 0 Å². The molecule has 4 aromatic heterocycles. The zero-order valence-corrected chi connectivity index (χ0v) is 22.0. The molecule has 1 atom stereocenters. The lowest BCUT2D eigenvalue weighted by atomic mass is 10.0. The molecule has 0 aliphatic rings. The highest BCUT2D eigenvalue weighted by Gasteiger charge is 2.24. The van der Waals surface area contributed by atoms with E-state index in [4.69, 9.17) is 19.5 Å². The van der Waals surface area contributed by atoms with Crippen LogP contribution in [0.25, 0.3) is 33.5 Å².